The van der Waals surface area contributed by atoms with Gasteiger partial charge in [0.1, 0.15) is 5.92 Å². The number of carbonyl (C=O) groups excluding carboxylic acids is 2. The molecule has 1 aromatic rings. The van der Waals surface area contributed by atoms with Crippen molar-refractivity contribution in [2.24, 2.45) is 5.92 Å². The average molecular weight is 358 g/mol. The molecule has 2 saturated heterocycles. The summed E-state index contributed by atoms with van der Waals surface area (Å²) in [6.07, 6.45) is 0.580. The minimum atomic E-state index is -0.545. The average Bonchev–Trinajstić information content (AvgIpc) is 2.90. The van der Waals surface area contributed by atoms with E-state index in [0.717, 1.165) is 18.8 Å². The third-order valence-corrected chi connectivity index (χ3v) is 4.68. The Hall–Kier alpha value is -1.30. The number of halogens is 2. The van der Waals surface area contributed by atoms with Gasteiger partial charge in [-0.15, -0.1) is 12.4 Å². The predicted molar refractivity (Wildman–Crippen MR) is 93.2 cm³/mol. The molecule has 7 heteroatoms. The van der Waals surface area contributed by atoms with Gasteiger partial charge in [0.25, 0.3) is 0 Å². The second-order valence-corrected chi connectivity index (χ2v) is 6.33. The second kappa shape index (κ2) is 7.51. The lowest BCUT2D eigenvalue weighted by molar-refractivity contribution is -0.142. The quantitative estimate of drug-likeness (QED) is 0.822. The molecule has 23 heavy (non-hydrogen) atoms. The molecule has 2 amide bonds. The van der Waals surface area contributed by atoms with Crippen molar-refractivity contribution >= 4 is 41.5 Å². The maximum absolute atomic E-state index is 12.7. The van der Waals surface area contributed by atoms with Crippen LogP contribution in [-0.4, -0.2) is 48.9 Å². The fourth-order valence-electron chi connectivity index (χ4n) is 3.16. The number of hydrogen-bond donors (Lipinski definition) is 1. The molecule has 0 aliphatic carbocycles. The first kappa shape index (κ1) is 18.0. The Morgan fingerprint density at radius 2 is 1.96 bits per heavy atom. The van der Waals surface area contributed by atoms with Crippen LogP contribution < -0.4 is 10.2 Å². The van der Waals surface area contributed by atoms with Gasteiger partial charge in [-0.2, -0.15) is 0 Å². The molecule has 2 aliphatic rings. The van der Waals surface area contributed by atoms with E-state index in [-0.39, 0.29) is 30.3 Å². The molecule has 1 aromatic carbocycles. The number of nitrogens with zero attached hydrogens (tertiary/aromatic N) is 2. The minimum absolute atomic E-state index is 0. The molecule has 2 heterocycles. The Morgan fingerprint density at radius 1 is 1.26 bits per heavy atom. The van der Waals surface area contributed by atoms with E-state index in [1.807, 2.05) is 24.0 Å². The normalized spacial score (nSPS) is 24.5. The van der Waals surface area contributed by atoms with Gasteiger partial charge in [0.05, 0.1) is 0 Å². The Labute approximate surface area is 147 Å². The summed E-state index contributed by atoms with van der Waals surface area (Å²) < 4.78 is 0. The molecule has 0 radical (unpaired) electrons. The number of rotatable bonds is 2. The van der Waals surface area contributed by atoms with Gasteiger partial charge in [0, 0.05) is 42.9 Å². The van der Waals surface area contributed by atoms with Gasteiger partial charge in [0.15, 0.2) is 0 Å². The highest BCUT2D eigenvalue weighted by atomic mass is 35.5. The van der Waals surface area contributed by atoms with Crippen LogP contribution in [0.15, 0.2) is 24.3 Å². The molecule has 1 N–H and O–H groups in total. The molecule has 1 unspecified atom stereocenters. The van der Waals surface area contributed by atoms with Crippen molar-refractivity contribution < 1.29 is 9.59 Å². The van der Waals surface area contributed by atoms with Gasteiger partial charge < -0.3 is 15.1 Å². The summed E-state index contributed by atoms with van der Waals surface area (Å²) in [5.41, 5.74) is 0.804. The molecule has 3 rings (SSSR count). The summed E-state index contributed by atoms with van der Waals surface area (Å²) >= 11 is 5.88. The monoisotopic (exact) mass is 357 g/mol. The maximum atomic E-state index is 12.7. The standard InChI is InChI=1S/C16H20ClN3O2.ClH/c1-11-10-18-7-9-19(11)15(21)14-6-8-20(16(14)22)13-4-2-12(17)3-5-13;/h2-5,11,14,18H,6-10H2,1H3;1H/t11-,14?;/m1./s1. The highest BCUT2D eigenvalue weighted by Crippen LogP contribution is 2.28. The van der Waals surface area contributed by atoms with E-state index in [2.05, 4.69) is 5.32 Å². The van der Waals surface area contributed by atoms with E-state index in [0.29, 0.717) is 24.5 Å². The molecular formula is C16H21Cl2N3O2. The summed E-state index contributed by atoms with van der Waals surface area (Å²) in [5, 5.41) is 3.90. The SMILES string of the molecule is C[C@@H]1CNCCN1C(=O)C1CCN(c2ccc(Cl)cc2)C1=O.Cl. The van der Waals surface area contributed by atoms with E-state index in [4.69, 9.17) is 11.6 Å². The topological polar surface area (TPSA) is 52.7 Å². The molecule has 0 spiro atoms. The van der Waals surface area contributed by atoms with Crippen LogP contribution in [0, 0.1) is 5.92 Å². The molecule has 2 atom stereocenters. The molecule has 5 nitrogen and oxygen atoms in total. The van der Waals surface area contributed by atoms with Crippen LogP contribution in [0.2, 0.25) is 5.02 Å². The van der Waals surface area contributed by atoms with Gasteiger partial charge in [-0.3, -0.25) is 9.59 Å². The molecule has 0 aromatic heterocycles. The highest BCUT2D eigenvalue weighted by molar-refractivity contribution is 6.30. The Morgan fingerprint density at radius 3 is 2.61 bits per heavy atom. The number of hydrogen-bond acceptors (Lipinski definition) is 3. The van der Waals surface area contributed by atoms with Crippen molar-refractivity contribution in [3.8, 4) is 0 Å². The second-order valence-electron chi connectivity index (χ2n) is 5.89. The largest absolute Gasteiger partial charge is 0.337 e. The van der Waals surface area contributed by atoms with Crippen LogP contribution in [0.25, 0.3) is 0 Å². The number of anilines is 1. The summed E-state index contributed by atoms with van der Waals surface area (Å²) in [6.45, 7) is 4.84. The summed E-state index contributed by atoms with van der Waals surface area (Å²) in [5.74, 6) is -0.676. The lowest BCUT2D eigenvalue weighted by Crippen LogP contribution is -2.54. The number of nitrogens with one attached hydrogen (secondary N) is 1. The summed E-state index contributed by atoms with van der Waals surface area (Å²) in [7, 11) is 0. The van der Waals surface area contributed by atoms with Gasteiger partial charge in [-0.1, -0.05) is 11.6 Å². The zero-order valence-corrected chi connectivity index (χ0v) is 14.6. The van der Waals surface area contributed by atoms with Crippen molar-refractivity contribution in [3.05, 3.63) is 29.3 Å². The zero-order chi connectivity index (χ0) is 15.7. The zero-order valence-electron chi connectivity index (χ0n) is 13.0. The van der Waals surface area contributed by atoms with Crippen molar-refractivity contribution in [1.82, 2.24) is 10.2 Å². The third kappa shape index (κ3) is 3.62. The fourth-order valence-corrected chi connectivity index (χ4v) is 3.28. The molecule has 2 aliphatic heterocycles. The number of carbonyl (C=O) groups is 2. The molecule has 0 saturated carbocycles. The van der Waals surface area contributed by atoms with Gasteiger partial charge in [0.2, 0.25) is 11.8 Å². The summed E-state index contributed by atoms with van der Waals surface area (Å²) in [6, 6.07) is 7.30. The van der Waals surface area contributed by atoms with Crippen LogP contribution in [-0.2, 0) is 9.59 Å². The molecule has 0 bridgehead atoms. The van der Waals surface area contributed by atoms with Crippen LogP contribution >= 0.6 is 24.0 Å². The molecule has 126 valence electrons. The van der Waals surface area contributed by atoms with Gasteiger partial charge in [-0.25, -0.2) is 0 Å². The smallest absolute Gasteiger partial charge is 0.239 e. The lowest BCUT2D eigenvalue weighted by Gasteiger charge is -2.35. The lowest BCUT2D eigenvalue weighted by atomic mass is 10.0. The van der Waals surface area contributed by atoms with E-state index < -0.39 is 5.92 Å². The first-order valence-electron chi connectivity index (χ1n) is 7.66. The van der Waals surface area contributed by atoms with Crippen LogP contribution in [0.3, 0.4) is 0 Å². The molecule has 2 fully saturated rings. The van der Waals surface area contributed by atoms with Crippen LogP contribution in [0.4, 0.5) is 5.69 Å². The van der Waals surface area contributed by atoms with Crippen molar-refractivity contribution in [1.29, 1.82) is 0 Å². The van der Waals surface area contributed by atoms with Crippen LogP contribution in [0.5, 0.6) is 0 Å². The van der Waals surface area contributed by atoms with Crippen molar-refractivity contribution in [2.45, 2.75) is 19.4 Å². The number of amides is 2. The van der Waals surface area contributed by atoms with Gasteiger partial charge in [-0.05, 0) is 37.6 Å². The Balaban J connectivity index is 0.00000192. The van der Waals surface area contributed by atoms with Crippen molar-refractivity contribution in [3.63, 3.8) is 0 Å². The van der Waals surface area contributed by atoms with E-state index in [1.54, 1.807) is 17.0 Å². The third-order valence-electron chi connectivity index (χ3n) is 4.43. The predicted octanol–water partition coefficient (Wildman–Crippen LogP) is 1.93. The van der Waals surface area contributed by atoms with Gasteiger partial charge >= 0.3 is 0 Å². The first-order chi connectivity index (χ1) is 10.6. The number of piperazine rings is 1. The fraction of sp³-hybridized carbons (Fsp3) is 0.500. The maximum Gasteiger partial charge on any atom is 0.239 e. The first-order valence-corrected chi connectivity index (χ1v) is 8.04. The Kier molecular flexibility index (Phi) is 5.89. The molecular weight excluding hydrogens is 337 g/mol. The van der Waals surface area contributed by atoms with Crippen molar-refractivity contribution in [2.75, 3.05) is 31.1 Å². The Bertz CT molecular complexity index is 579. The highest BCUT2D eigenvalue weighted by Gasteiger charge is 2.41. The van der Waals surface area contributed by atoms with E-state index in [9.17, 15) is 9.59 Å². The van der Waals surface area contributed by atoms with Crippen LogP contribution in [0.1, 0.15) is 13.3 Å². The van der Waals surface area contributed by atoms with E-state index >= 15 is 0 Å². The number of benzene rings is 1. The summed E-state index contributed by atoms with van der Waals surface area (Å²) in [4.78, 5) is 28.8. The minimum Gasteiger partial charge on any atom is -0.337 e. The van der Waals surface area contributed by atoms with E-state index in [1.165, 1.54) is 0 Å².